The summed E-state index contributed by atoms with van der Waals surface area (Å²) >= 11 is 0. The zero-order valence-corrected chi connectivity index (χ0v) is 20.3. The van der Waals surface area contributed by atoms with Gasteiger partial charge in [0.1, 0.15) is 23.7 Å². The summed E-state index contributed by atoms with van der Waals surface area (Å²) in [4.78, 5) is 46.4. The highest BCUT2D eigenvalue weighted by Gasteiger charge is 2.50. The molecule has 5 rings (SSSR count). The Morgan fingerprint density at radius 1 is 1.19 bits per heavy atom. The van der Waals surface area contributed by atoms with Crippen LogP contribution in [0.1, 0.15) is 49.6 Å². The number of aromatic nitrogens is 1. The molecule has 0 saturated carbocycles. The molecule has 1 N–H and O–H groups in total. The number of Topliss-reactive ketones (excluding diaryl/α,β-unsaturated/α-hetero) is 1. The average Bonchev–Trinajstić information content (AvgIpc) is 3.39. The number of benzene rings is 1. The molecule has 2 atom stereocenters. The van der Waals surface area contributed by atoms with Gasteiger partial charge in [0.05, 0.1) is 17.9 Å². The maximum absolute atomic E-state index is 13.4. The van der Waals surface area contributed by atoms with Crippen LogP contribution < -0.4 is 4.74 Å². The lowest BCUT2D eigenvalue weighted by Crippen LogP contribution is -2.48. The van der Waals surface area contributed by atoms with Crippen molar-refractivity contribution in [3.8, 4) is 5.75 Å². The molecule has 36 heavy (non-hydrogen) atoms. The van der Waals surface area contributed by atoms with E-state index in [-0.39, 0.29) is 29.6 Å². The molecule has 2 aromatic rings. The van der Waals surface area contributed by atoms with Crippen LogP contribution in [0.25, 0.3) is 5.76 Å². The van der Waals surface area contributed by atoms with E-state index in [0.717, 1.165) is 11.3 Å². The molecule has 1 aromatic carbocycles. The topological polar surface area (TPSA) is 109 Å². The SMILES string of the molecule is CCOC(=O)N1CCC(N2C(=O)C(=O)/C(=C(\O)c3ccc4c(c3)CC(C)O4)C2c2ccccn2)CC1. The molecule has 9 nitrogen and oxygen atoms in total. The smallest absolute Gasteiger partial charge is 0.409 e. The molecule has 2 unspecified atom stereocenters. The molecule has 4 heterocycles. The van der Waals surface area contributed by atoms with Crippen molar-refractivity contribution in [2.75, 3.05) is 19.7 Å². The Bertz CT molecular complexity index is 1220. The van der Waals surface area contributed by atoms with Crippen molar-refractivity contribution < 1.29 is 29.0 Å². The van der Waals surface area contributed by atoms with Gasteiger partial charge in [-0.05, 0) is 62.6 Å². The van der Waals surface area contributed by atoms with Gasteiger partial charge in [-0.2, -0.15) is 0 Å². The molecule has 2 saturated heterocycles. The molecule has 188 valence electrons. The van der Waals surface area contributed by atoms with Crippen LogP contribution >= 0.6 is 0 Å². The first-order valence-corrected chi connectivity index (χ1v) is 12.3. The maximum Gasteiger partial charge on any atom is 0.409 e. The van der Waals surface area contributed by atoms with E-state index in [2.05, 4.69) is 4.98 Å². The number of fused-ring (bicyclic) bond motifs is 1. The highest BCUT2D eigenvalue weighted by Crippen LogP contribution is 2.42. The highest BCUT2D eigenvalue weighted by molar-refractivity contribution is 6.46. The van der Waals surface area contributed by atoms with Crippen molar-refractivity contribution in [2.24, 2.45) is 0 Å². The van der Waals surface area contributed by atoms with Gasteiger partial charge in [0.2, 0.25) is 0 Å². The third-order valence-corrected chi connectivity index (χ3v) is 7.00. The molecule has 3 aliphatic heterocycles. The Kier molecular flexibility index (Phi) is 6.38. The van der Waals surface area contributed by atoms with Crippen LogP contribution in [0.3, 0.4) is 0 Å². The van der Waals surface area contributed by atoms with Gasteiger partial charge < -0.3 is 24.4 Å². The molecule has 9 heteroatoms. The Labute approximate surface area is 209 Å². The van der Waals surface area contributed by atoms with Crippen LogP contribution in [0, 0.1) is 0 Å². The number of hydrogen-bond acceptors (Lipinski definition) is 7. The third kappa shape index (κ3) is 4.19. The fourth-order valence-corrected chi connectivity index (χ4v) is 5.32. The molecular formula is C27H29N3O6. The molecular weight excluding hydrogens is 462 g/mol. The van der Waals surface area contributed by atoms with Crippen LogP contribution in [0.4, 0.5) is 4.79 Å². The minimum atomic E-state index is -0.825. The van der Waals surface area contributed by atoms with Crippen LogP contribution in [0.2, 0.25) is 0 Å². The van der Waals surface area contributed by atoms with E-state index in [1.54, 1.807) is 48.4 Å². The zero-order chi connectivity index (χ0) is 25.4. The summed E-state index contributed by atoms with van der Waals surface area (Å²) < 4.78 is 10.9. The zero-order valence-electron chi connectivity index (χ0n) is 20.3. The monoisotopic (exact) mass is 491 g/mol. The van der Waals surface area contributed by atoms with E-state index in [0.29, 0.717) is 50.2 Å². The van der Waals surface area contributed by atoms with E-state index in [1.807, 2.05) is 13.0 Å². The van der Waals surface area contributed by atoms with Crippen molar-refractivity contribution in [2.45, 2.75) is 51.3 Å². The van der Waals surface area contributed by atoms with Gasteiger partial charge in [0, 0.05) is 37.3 Å². The molecule has 2 fully saturated rings. The largest absolute Gasteiger partial charge is 0.507 e. The predicted octanol–water partition coefficient (Wildman–Crippen LogP) is 3.45. The number of likely N-dealkylation sites (tertiary alicyclic amines) is 2. The first kappa shape index (κ1) is 23.8. The van der Waals surface area contributed by atoms with Crippen LogP contribution in [0.5, 0.6) is 5.75 Å². The van der Waals surface area contributed by atoms with Gasteiger partial charge in [0.15, 0.2) is 0 Å². The number of aliphatic hydroxyl groups is 1. The number of nitrogens with zero attached hydrogens (tertiary/aromatic N) is 3. The lowest BCUT2D eigenvalue weighted by atomic mass is 9.95. The van der Waals surface area contributed by atoms with Gasteiger partial charge in [-0.15, -0.1) is 0 Å². The number of piperidine rings is 1. The standard InChI is InChI=1S/C27H29N3O6/c1-3-35-27(34)29-12-9-19(10-13-29)30-23(20-6-4-5-11-28-20)22(25(32)26(30)33)24(31)17-7-8-21-18(15-17)14-16(2)36-21/h4-8,11,15-16,19,23,31H,3,9-10,12-14H2,1-2H3/b24-22-. The van der Waals surface area contributed by atoms with Crippen molar-refractivity contribution in [1.29, 1.82) is 0 Å². The fourth-order valence-electron chi connectivity index (χ4n) is 5.32. The Balaban J connectivity index is 1.51. The van der Waals surface area contributed by atoms with Gasteiger partial charge in [-0.3, -0.25) is 14.6 Å². The summed E-state index contributed by atoms with van der Waals surface area (Å²) in [5.41, 5.74) is 1.94. The molecule has 1 aromatic heterocycles. The summed E-state index contributed by atoms with van der Waals surface area (Å²) in [5.74, 6) is -0.868. The number of carbonyl (C=O) groups is 3. The van der Waals surface area contributed by atoms with Crippen LogP contribution in [-0.2, 0) is 20.7 Å². The van der Waals surface area contributed by atoms with Crippen molar-refractivity contribution in [1.82, 2.24) is 14.8 Å². The second-order valence-electron chi connectivity index (χ2n) is 9.33. The summed E-state index contributed by atoms with van der Waals surface area (Å²) in [6.45, 7) is 4.83. The molecule has 0 aliphatic carbocycles. The number of ketones is 1. The van der Waals surface area contributed by atoms with Gasteiger partial charge in [0.25, 0.3) is 11.7 Å². The Morgan fingerprint density at radius 3 is 2.67 bits per heavy atom. The Hall–Kier alpha value is -3.88. The van der Waals surface area contributed by atoms with E-state index in [9.17, 15) is 19.5 Å². The average molecular weight is 492 g/mol. The Morgan fingerprint density at radius 2 is 1.97 bits per heavy atom. The van der Waals surface area contributed by atoms with Gasteiger partial charge in [-0.25, -0.2) is 4.79 Å². The summed E-state index contributed by atoms with van der Waals surface area (Å²) in [6, 6.07) is 9.48. The maximum atomic E-state index is 13.4. The molecule has 2 amide bonds. The van der Waals surface area contributed by atoms with E-state index < -0.39 is 17.7 Å². The first-order chi connectivity index (χ1) is 17.4. The quantitative estimate of drug-likeness (QED) is 0.396. The second kappa shape index (κ2) is 9.64. The number of ether oxygens (including phenoxy) is 2. The number of rotatable bonds is 4. The van der Waals surface area contributed by atoms with Crippen molar-refractivity contribution >= 4 is 23.5 Å². The second-order valence-corrected chi connectivity index (χ2v) is 9.33. The molecule has 0 radical (unpaired) electrons. The minimum Gasteiger partial charge on any atom is -0.507 e. The first-order valence-electron chi connectivity index (χ1n) is 12.3. The molecule has 0 spiro atoms. The highest BCUT2D eigenvalue weighted by atomic mass is 16.6. The van der Waals surface area contributed by atoms with Crippen molar-refractivity contribution in [3.63, 3.8) is 0 Å². The fraction of sp³-hybridized carbons (Fsp3) is 0.407. The minimum absolute atomic E-state index is 0.0263. The van der Waals surface area contributed by atoms with Gasteiger partial charge >= 0.3 is 6.09 Å². The van der Waals surface area contributed by atoms with Crippen LogP contribution in [-0.4, -0.2) is 69.5 Å². The van der Waals surface area contributed by atoms with Gasteiger partial charge in [-0.1, -0.05) is 6.07 Å². The van der Waals surface area contributed by atoms with E-state index >= 15 is 0 Å². The summed E-state index contributed by atoms with van der Waals surface area (Å²) in [7, 11) is 0. The molecule has 0 bridgehead atoms. The van der Waals surface area contributed by atoms with Crippen LogP contribution in [0.15, 0.2) is 48.2 Å². The number of aliphatic hydroxyl groups excluding tert-OH is 1. The van der Waals surface area contributed by atoms with E-state index in [4.69, 9.17) is 9.47 Å². The third-order valence-electron chi connectivity index (χ3n) is 7.00. The summed E-state index contributed by atoms with van der Waals surface area (Å²) in [6.07, 6.45) is 2.94. The number of amides is 2. The lowest BCUT2D eigenvalue weighted by molar-refractivity contribution is -0.142. The van der Waals surface area contributed by atoms with Crippen molar-refractivity contribution in [3.05, 3.63) is 65.0 Å². The lowest BCUT2D eigenvalue weighted by Gasteiger charge is -2.38. The summed E-state index contributed by atoms with van der Waals surface area (Å²) in [5, 5.41) is 11.4. The number of pyridine rings is 1. The predicted molar refractivity (Wildman–Crippen MR) is 130 cm³/mol. The number of carbonyl (C=O) groups excluding carboxylic acids is 3. The number of hydrogen-bond donors (Lipinski definition) is 1. The molecule has 3 aliphatic rings. The van der Waals surface area contributed by atoms with E-state index in [1.165, 1.54) is 4.90 Å². The normalized spacial score (nSPS) is 23.5.